The lowest BCUT2D eigenvalue weighted by molar-refractivity contribution is -0.126. The minimum absolute atomic E-state index is 0.151. The van der Waals surface area contributed by atoms with Crippen molar-refractivity contribution in [3.05, 3.63) is 65.2 Å². The number of ether oxygens (including phenoxy) is 1. The Morgan fingerprint density at radius 2 is 1.97 bits per heavy atom. The van der Waals surface area contributed by atoms with Crippen molar-refractivity contribution >= 4 is 17.7 Å². The molecule has 0 aromatic heterocycles. The van der Waals surface area contributed by atoms with Gasteiger partial charge in [0.15, 0.2) is 0 Å². The second-order valence-electron chi connectivity index (χ2n) is 7.67. The lowest BCUT2D eigenvalue weighted by Gasteiger charge is -2.31. The van der Waals surface area contributed by atoms with Crippen LogP contribution in [-0.4, -0.2) is 43.3 Å². The zero-order valence-electron chi connectivity index (χ0n) is 17.5. The van der Waals surface area contributed by atoms with Gasteiger partial charge in [-0.25, -0.2) is 0 Å². The number of hydrogen-bond donors (Lipinski definition) is 1. The summed E-state index contributed by atoms with van der Waals surface area (Å²) in [6, 6.07) is 16.7. The minimum atomic E-state index is 0.151. The van der Waals surface area contributed by atoms with Crippen LogP contribution >= 0.6 is 11.8 Å². The van der Waals surface area contributed by atoms with Crippen LogP contribution in [-0.2, 0) is 17.1 Å². The summed E-state index contributed by atoms with van der Waals surface area (Å²) in [4.78, 5) is 14.9. The van der Waals surface area contributed by atoms with E-state index in [2.05, 4.69) is 53.5 Å². The molecule has 0 saturated carbocycles. The second kappa shape index (κ2) is 11.3. The van der Waals surface area contributed by atoms with E-state index < -0.39 is 0 Å². The Kier molecular flexibility index (Phi) is 8.44. The van der Waals surface area contributed by atoms with E-state index in [-0.39, 0.29) is 11.8 Å². The van der Waals surface area contributed by atoms with Crippen LogP contribution in [0, 0.1) is 12.8 Å². The molecule has 1 amide bonds. The van der Waals surface area contributed by atoms with Gasteiger partial charge < -0.3 is 10.1 Å². The average molecular weight is 413 g/mol. The summed E-state index contributed by atoms with van der Waals surface area (Å²) >= 11 is 1.88. The van der Waals surface area contributed by atoms with Gasteiger partial charge >= 0.3 is 0 Å². The molecule has 1 aliphatic heterocycles. The maximum atomic E-state index is 12.5. The summed E-state index contributed by atoms with van der Waals surface area (Å²) < 4.78 is 5.31. The molecule has 0 bridgehead atoms. The predicted octanol–water partition coefficient (Wildman–Crippen LogP) is 4.27. The third kappa shape index (κ3) is 6.79. The number of rotatable bonds is 9. The fraction of sp³-hybridized carbons (Fsp3) is 0.458. The quantitative estimate of drug-likeness (QED) is 0.625. The highest BCUT2D eigenvalue weighted by atomic mass is 32.2. The Morgan fingerprint density at radius 1 is 1.17 bits per heavy atom. The number of benzene rings is 2. The molecule has 2 aromatic rings. The maximum Gasteiger partial charge on any atom is 0.223 e. The molecule has 0 aliphatic carbocycles. The van der Waals surface area contributed by atoms with E-state index in [9.17, 15) is 4.79 Å². The molecule has 2 aromatic carbocycles. The van der Waals surface area contributed by atoms with E-state index in [0.717, 1.165) is 56.3 Å². The van der Waals surface area contributed by atoms with Crippen molar-refractivity contribution in [3.63, 3.8) is 0 Å². The molecule has 1 aliphatic rings. The smallest absolute Gasteiger partial charge is 0.223 e. The van der Waals surface area contributed by atoms with Gasteiger partial charge in [-0.3, -0.25) is 9.69 Å². The highest BCUT2D eigenvalue weighted by molar-refractivity contribution is 7.98. The van der Waals surface area contributed by atoms with Gasteiger partial charge in [0.2, 0.25) is 5.91 Å². The van der Waals surface area contributed by atoms with Crippen molar-refractivity contribution in [1.29, 1.82) is 0 Å². The third-order valence-corrected chi connectivity index (χ3v) is 6.57. The molecule has 1 heterocycles. The second-order valence-corrected chi connectivity index (χ2v) is 8.78. The Balaban J connectivity index is 1.32. The van der Waals surface area contributed by atoms with Crippen molar-refractivity contribution in [3.8, 4) is 5.75 Å². The number of carbonyl (C=O) groups excluding carboxylic acids is 1. The molecule has 5 heteroatoms. The highest BCUT2D eigenvalue weighted by Gasteiger charge is 2.24. The molecule has 3 rings (SSSR count). The van der Waals surface area contributed by atoms with Crippen molar-refractivity contribution in [2.24, 2.45) is 5.92 Å². The van der Waals surface area contributed by atoms with Crippen molar-refractivity contribution in [2.75, 3.05) is 32.5 Å². The van der Waals surface area contributed by atoms with Crippen molar-refractivity contribution < 1.29 is 9.53 Å². The molecule has 0 atom stereocenters. The number of methoxy groups -OCH3 is 1. The zero-order valence-corrected chi connectivity index (χ0v) is 18.3. The number of likely N-dealkylation sites (tertiary alicyclic amines) is 1. The highest BCUT2D eigenvalue weighted by Crippen LogP contribution is 2.21. The molecule has 1 N–H and O–H groups in total. The first-order chi connectivity index (χ1) is 14.2. The number of thioether (sulfide) groups is 1. The van der Waals surface area contributed by atoms with Gasteiger partial charge in [-0.05, 0) is 61.7 Å². The summed E-state index contributed by atoms with van der Waals surface area (Å²) in [6.45, 7) is 5.76. The van der Waals surface area contributed by atoms with Crippen LogP contribution in [0.4, 0.5) is 0 Å². The Morgan fingerprint density at radius 3 is 2.72 bits per heavy atom. The number of carbonyl (C=O) groups is 1. The lowest BCUT2D eigenvalue weighted by atomic mass is 9.95. The average Bonchev–Trinajstić information content (AvgIpc) is 2.75. The number of amides is 1. The molecular weight excluding hydrogens is 380 g/mol. The van der Waals surface area contributed by atoms with Gasteiger partial charge in [-0.2, -0.15) is 11.8 Å². The number of nitrogens with one attached hydrogen (secondary N) is 1. The zero-order chi connectivity index (χ0) is 20.5. The summed E-state index contributed by atoms with van der Waals surface area (Å²) in [7, 11) is 1.70. The van der Waals surface area contributed by atoms with E-state index in [4.69, 9.17) is 4.74 Å². The molecule has 4 nitrogen and oxygen atoms in total. The maximum absolute atomic E-state index is 12.5. The topological polar surface area (TPSA) is 41.6 Å². The fourth-order valence-corrected chi connectivity index (χ4v) is 4.66. The largest absolute Gasteiger partial charge is 0.497 e. The standard InChI is InChI=1S/C24H32N2O2S/c1-19-6-3-4-8-22(19)18-29-15-12-25-24(27)21-10-13-26(14-11-21)17-20-7-5-9-23(16-20)28-2/h3-9,16,21H,10-15,17-18H2,1-2H3,(H,25,27). The van der Waals surface area contributed by atoms with Crippen LogP contribution in [0.5, 0.6) is 5.75 Å². The SMILES string of the molecule is COc1cccc(CN2CCC(C(=O)NCCSCc3ccccc3C)CC2)c1. The van der Waals surface area contributed by atoms with E-state index in [1.54, 1.807) is 7.11 Å². The first-order valence-corrected chi connectivity index (χ1v) is 11.6. The first-order valence-electron chi connectivity index (χ1n) is 10.4. The lowest BCUT2D eigenvalue weighted by Crippen LogP contribution is -2.40. The van der Waals surface area contributed by atoms with E-state index in [1.165, 1.54) is 16.7 Å². The summed E-state index contributed by atoms with van der Waals surface area (Å²) in [5.41, 5.74) is 3.98. The van der Waals surface area contributed by atoms with Crippen molar-refractivity contribution in [1.82, 2.24) is 10.2 Å². The fourth-order valence-electron chi connectivity index (χ4n) is 3.73. The molecule has 156 valence electrons. The van der Waals surface area contributed by atoms with Gasteiger partial charge in [0.1, 0.15) is 5.75 Å². The van der Waals surface area contributed by atoms with Crippen molar-refractivity contribution in [2.45, 2.75) is 32.1 Å². The number of piperidine rings is 1. The molecule has 1 fully saturated rings. The Bertz CT molecular complexity index is 788. The molecule has 29 heavy (non-hydrogen) atoms. The third-order valence-electron chi connectivity index (χ3n) is 5.56. The molecule has 0 spiro atoms. The first kappa shape index (κ1) is 21.7. The van der Waals surface area contributed by atoms with Gasteiger partial charge in [0, 0.05) is 30.5 Å². The van der Waals surface area contributed by atoms with Crippen LogP contribution in [0.3, 0.4) is 0 Å². The Labute approximate surface area is 179 Å². The molecule has 0 unspecified atom stereocenters. The normalized spacial score (nSPS) is 15.2. The van der Waals surface area contributed by atoms with Crippen LogP contribution in [0.2, 0.25) is 0 Å². The summed E-state index contributed by atoms with van der Waals surface area (Å²) in [5, 5.41) is 3.14. The molecule has 1 saturated heterocycles. The van der Waals surface area contributed by atoms with Crippen LogP contribution in [0.1, 0.15) is 29.5 Å². The van der Waals surface area contributed by atoms with Gasteiger partial charge in [-0.15, -0.1) is 0 Å². The molecular formula is C24H32N2O2S. The van der Waals surface area contributed by atoms with E-state index in [1.807, 2.05) is 23.9 Å². The van der Waals surface area contributed by atoms with E-state index >= 15 is 0 Å². The van der Waals surface area contributed by atoms with Crippen LogP contribution < -0.4 is 10.1 Å². The summed E-state index contributed by atoms with van der Waals surface area (Å²) in [6.07, 6.45) is 1.87. The van der Waals surface area contributed by atoms with Crippen LogP contribution in [0.15, 0.2) is 48.5 Å². The monoisotopic (exact) mass is 412 g/mol. The predicted molar refractivity (Wildman–Crippen MR) is 121 cm³/mol. The van der Waals surface area contributed by atoms with Gasteiger partial charge in [-0.1, -0.05) is 36.4 Å². The summed E-state index contributed by atoms with van der Waals surface area (Å²) in [5.74, 6) is 3.23. The number of aryl methyl sites for hydroxylation is 1. The van der Waals surface area contributed by atoms with E-state index in [0.29, 0.717) is 0 Å². The minimum Gasteiger partial charge on any atom is -0.497 e. The number of hydrogen-bond acceptors (Lipinski definition) is 4. The number of nitrogens with zero attached hydrogens (tertiary/aromatic N) is 1. The van der Waals surface area contributed by atoms with Gasteiger partial charge in [0.05, 0.1) is 7.11 Å². The Hall–Kier alpha value is -1.98. The van der Waals surface area contributed by atoms with Crippen LogP contribution in [0.25, 0.3) is 0 Å². The molecule has 0 radical (unpaired) electrons. The van der Waals surface area contributed by atoms with Gasteiger partial charge in [0.25, 0.3) is 0 Å².